The van der Waals surface area contributed by atoms with Crippen LogP contribution in [0.1, 0.15) is 30.3 Å². The van der Waals surface area contributed by atoms with Crippen LogP contribution in [0.4, 0.5) is 17.3 Å². The van der Waals surface area contributed by atoms with E-state index in [1.54, 1.807) is 12.3 Å². The lowest BCUT2D eigenvalue weighted by atomic mass is 9.99. The molecule has 0 bridgehead atoms. The number of nitrogens with one attached hydrogen (secondary N) is 1. The van der Waals surface area contributed by atoms with Crippen molar-refractivity contribution in [2.75, 3.05) is 49.6 Å². The molecule has 1 amide bonds. The number of hydrogen-bond donors (Lipinski definition) is 1. The van der Waals surface area contributed by atoms with Crippen LogP contribution in [-0.4, -0.2) is 60.2 Å². The maximum atomic E-state index is 12.8. The van der Waals surface area contributed by atoms with Crippen molar-refractivity contribution in [1.29, 1.82) is 0 Å². The van der Waals surface area contributed by atoms with Gasteiger partial charge in [-0.3, -0.25) is 4.79 Å². The second-order valence-electron chi connectivity index (χ2n) is 7.48. The fourth-order valence-electron chi connectivity index (χ4n) is 3.69. The van der Waals surface area contributed by atoms with E-state index in [9.17, 15) is 4.79 Å². The molecule has 0 saturated carbocycles. The van der Waals surface area contributed by atoms with Gasteiger partial charge in [0.25, 0.3) is 5.91 Å². The Bertz CT molecular complexity index is 814. The number of carbonyl (C=O) groups is 1. The first-order chi connectivity index (χ1) is 13.7. The average molecular weight is 381 g/mol. The van der Waals surface area contributed by atoms with E-state index in [1.807, 2.05) is 23.1 Å². The number of carbonyl (C=O) groups excluding carboxylic acids is 1. The van der Waals surface area contributed by atoms with Gasteiger partial charge in [0.15, 0.2) is 0 Å². The fourth-order valence-corrected chi connectivity index (χ4v) is 3.69. The molecule has 2 aliphatic heterocycles. The van der Waals surface area contributed by atoms with Crippen molar-refractivity contribution < 1.29 is 9.53 Å². The fraction of sp³-hybridized carbons (Fsp3) is 0.476. The SMILES string of the molecule is CC1CCN(C(=O)c2ccnc(Nc3ccccc3N3CCOCC3)n2)CC1. The van der Waals surface area contributed by atoms with Crippen molar-refractivity contribution in [2.24, 2.45) is 5.92 Å². The molecule has 0 radical (unpaired) electrons. The summed E-state index contributed by atoms with van der Waals surface area (Å²) < 4.78 is 5.46. The molecule has 7 heteroatoms. The van der Waals surface area contributed by atoms with E-state index < -0.39 is 0 Å². The van der Waals surface area contributed by atoms with E-state index in [0.717, 1.165) is 63.6 Å². The Morgan fingerprint density at radius 3 is 2.64 bits per heavy atom. The molecule has 0 atom stereocenters. The smallest absolute Gasteiger partial charge is 0.272 e. The molecule has 28 heavy (non-hydrogen) atoms. The zero-order valence-electron chi connectivity index (χ0n) is 16.3. The van der Waals surface area contributed by atoms with E-state index in [-0.39, 0.29) is 5.91 Å². The van der Waals surface area contributed by atoms with E-state index in [2.05, 4.69) is 33.2 Å². The van der Waals surface area contributed by atoms with E-state index in [4.69, 9.17) is 4.74 Å². The average Bonchev–Trinajstić information content (AvgIpc) is 2.75. The van der Waals surface area contributed by atoms with Crippen LogP contribution in [0.3, 0.4) is 0 Å². The summed E-state index contributed by atoms with van der Waals surface area (Å²) in [5.41, 5.74) is 2.47. The van der Waals surface area contributed by atoms with Gasteiger partial charge >= 0.3 is 0 Å². The molecule has 4 rings (SSSR count). The second kappa shape index (κ2) is 8.56. The molecule has 1 aromatic heterocycles. The number of amides is 1. The molecule has 1 N–H and O–H groups in total. The van der Waals surface area contributed by atoms with Crippen LogP contribution in [-0.2, 0) is 4.74 Å². The van der Waals surface area contributed by atoms with Crippen LogP contribution in [0.2, 0.25) is 0 Å². The van der Waals surface area contributed by atoms with Crippen LogP contribution in [0.5, 0.6) is 0 Å². The standard InChI is InChI=1S/C21H27N5O2/c1-16-7-10-26(11-8-16)20(27)18-6-9-22-21(24-18)23-17-4-2-3-5-19(17)25-12-14-28-15-13-25/h2-6,9,16H,7-8,10-15H2,1H3,(H,22,23,24). The zero-order chi connectivity index (χ0) is 19.3. The molecule has 2 aromatic rings. The summed E-state index contributed by atoms with van der Waals surface area (Å²) in [6.45, 7) is 6.99. The van der Waals surface area contributed by atoms with Gasteiger partial charge in [-0.1, -0.05) is 19.1 Å². The molecule has 2 fully saturated rings. The number of likely N-dealkylation sites (tertiary alicyclic amines) is 1. The Morgan fingerprint density at radius 1 is 1.11 bits per heavy atom. The number of morpholine rings is 1. The molecule has 7 nitrogen and oxygen atoms in total. The van der Waals surface area contributed by atoms with E-state index >= 15 is 0 Å². The predicted octanol–water partition coefficient (Wildman–Crippen LogP) is 2.93. The molecular formula is C21H27N5O2. The Balaban J connectivity index is 1.50. The quantitative estimate of drug-likeness (QED) is 0.878. The highest BCUT2D eigenvalue weighted by Gasteiger charge is 2.23. The number of nitrogens with zero attached hydrogens (tertiary/aromatic N) is 4. The number of para-hydroxylation sites is 2. The largest absolute Gasteiger partial charge is 0.378 e. The van der Waals surface area contributed by atoms with Gasteiger partial charge in [-0.2, -0.15) is 0 Å². The lowest BCUT2D eigenvalue weighted by Crippen LogP contribution is -2.38. The number of hydrogen-bond acceptors (Lipinski definition) is 6. The summed E-state index contributed by atoms with van der Waals surface area (Å²) in [4.78, 5) is 25.8. The Hall–Kier alpha value is -2.67. The molecule has 0 spiro atoms. The summed E-state index contributed by atoms with van der Waals surface area (Å²) >= 11 is 0. The summed E-state index contributed by atoms with van der Waals surface area (Å²) in [7, 11) is 0. The summed E-state index contributed by atoms with van der Waals surface area (Å²) in [5, 5.41) is 3.30. The molecule has 1 aromatic carbocycles. The number of rotatable bonds is 4. The van der Waals surface area contributed by atoms with E-state index in [1.165, 1.54) is 0 Å². The maximum Gasteiger partial charge on any atom is 0.272 e. The van der Waals surface area contributed by atoms with Gasteiger partial charge in [-0.05, 0) is 37.0 Å². The number of ether oxygens (including phenoxy) is 1. The van der Waals surface area contributed by atoms with E-state index in [0.29, 0.717) is 17.6 Å². The van der Waals surface area contributed by atoms with Crippen LogP contribution in [0, 0.1) is 5.92 Å². The summed E-state index contributed by atoms with van der Waals surface area (Å²) in [6.07, 6.45) is 3.75. The molecule has 0 aliphatic carbocycles. The number of piperidine rings is 1. The van der Waals surface area contributed by atoms with Gasteiger partial charge < -0.3 is 19.9 Å². The van der Waals surface area contributed by atoms with Crippen molar-refractivity contribution >= 4 is 23.2 Å². The van der Waals surface area contributed by atoms with Gasteiger partial charge in [0.1, 0.15) is 5.69 Å². The number of anilines is 3. The normalized spacial score (nSPS) is 18.2. The number of benzene rings is 1. The van der Waals surface area contributed by atoms with Crippen molar-refractivity contribution in [1.82, 2.24) is 14.9 Å². The molecule has 0 unspecified atom stereocenters. The summed E-state index contributed by atoms with van der Waals surface area (Å²) in [5.74, 6) is 1.11. The van der Waals surface area contributed by atoms with Gasteiger partial charge in [0, 0.05) is 32.4 Å². The molecule has 2 aliphatic rings. The lowest BCUT2D eigenvalue weighted by Gasteiger charge is -2.30. The third-order valence-electron chi connectivity index (χ3n) is 5.45. The predicted molar refractivity (Wildman–Crippen MR) is 109 cm³/mol. The zero-order valence-corrected chi connectivity index (χ0v) is 16.3. The highest BCUT2D eigenvalue weighted by Crippen LogP contribution is 2.28. The van der Waals surface area contributed by atoms with Crippen molar-refractivity contribution in [3.8, 4) is 0 Å². The topological polar surface area (TPSA) is 70.6 Å². The molecule has 2 saturated heterocycles. The lowest BCUT2D eigenvalue weighted by molar-refractivity contribution is 0.0691. The Labute approximate surface area is 165 Å². The minimum atomic E-state index is -0.0150. The van der Waals surface area contributed by atoms with Crippen molar-refractivity contribution in [3.63, 3.8) is 0 Å². The monoisotopic (exact) mass is 381 g/mol. The Kier molecular flexibility index (Phi) is 5.71. The first kappa shape index (κ1) is 18.7. The van der Waals surface area contributed by atoms with Crippen LogP contribution in [0.25, 0.3) is 0 Å². The van der Waals surface area contributed by atoms with Crippen LogP contribution in [0.15, 0.2) is 36.5 Å². The van der Waals surface area contributed by atoms with Gasteiger partial charge in [0.05, 0.1) is 24.6 Å². The molecule has 3 heterocycles. The van der Waals surface area contributed by atoms with Crippen LogP contribution >= 0.6 is 0 Å². The maximum absolute atomic E-state index is 12.8. The van der Waals surface area contributed by atoms with Gasteiger partial charge in [0.2, 0.25) is 5.95 Å². The third-order valence-corrected chi connectivity index (χ3v) is 5.45. The Morgan fingerprint density at radius 2 is 1.86 bits per heavy atom. The van der Waals surface area contributed by atoms with Crippen molar-refractivity contribution in [3.05, 3.63) is 42.2 Å². The first-order valence-corrected chi connectivity index (χ1v) is 10.0. The minimum absolute atomic E-state index is 0.0150. The first-order valence-electron chi connectivity index (χ1n) is 10.0. The highest BCUT2D eigenvalue weighted by molar-refractivity contribution is 5.92. The van der Waals surface area contributed by atoms with Crippen molar-refractivity contribution in [2.45, 2.75) is 19.8 Å². The third kappa shape index (κ3) is 4.25. The summed E-state index contributed by atoms with van der Waals surface area (Å²) in [6, 6.07) is 9.79. The molecule has 148 valence electrons. The highest BCUT2D eigenvalue weighted by atomic mass is 16.5. The number of aromatic nitrogens is 2. The molecular weight excluding hydrogens is 354 g/mol. The van der Waals surface area contributed by atoms with Gasteiger partial charge in [-0.25, -0.2) is 9.97 Å². The van der Waals surface area contributed by atoms with Gasteiger partial charge in [-0.15, -0.1) is 0 Å². The van der Waals surface area contributed by atoms with Crippen LogP contribution < -0.4 is 10.2 Å². The minimum Gasteiger partial charge on any atom is -0.378 e. The second-order valence-corrected chi connectivity index (χ2v) is 7.48.